The molecule has 0 atom stereocenters. The number of aliphatic hydroxyl groups excluding tert-OH is 1. The molecular formula is C12H10F2O2. The molecule has 0 aliphatic carbocycles. The first-order valence-electron chi connectivity index (χ1n) is 4.78. The standard InChI is InChI=1S/C12H10F2O2/c13-12(14)16-10-6-2-4-8-3-1-5-9(7-15)11(8)10/h1-6,12,15H,7H2. The molecule has 0 aliphatic rings. The Hall–Kier alpha value is -1.68. The van der Waals surface area contributed by atoms with Crippen LogP contribution in [0.15, 0.2) is 36.4 Å². The molecule has 0 aliphatic heterocycles. The van der Waals surface area contributed by atoms with Crippen molar-refractivity contribution in [1.29, 1.82) is 0 Å². The predicted molar refractivity (Wildman–Crippen MR) is 56.5 cm³/mol. The van der Waals surface area contributed by atoms with Crippen LogP contribution in [0.25, 0.3) is 10.8 Å². The van der Waals surface area contributed by atoms with E-state index in [2.05, 4.69) is 4.74 Å². The summed E-state index contributed by atoms with van der Waals surface area (Å²) < 4.78 is 28.8. The van der Waals surface area contributed by atoms with Gasteiger partial charge in [-0.2, -0.15) is 8.78 Å². The van der Waals surface area contributed by atoms with Gasteiger partial charge in [-0.1, -0.05) is 30.3 Å². The molecule has 0 amide bonds. The first-order chi connectivity index (χ1) is 7.72. The molecule has 0 saturated heterocycles. The summed E-state index contributed by atoms with van der Waals surface area (Å²) >= 11 is 0. The Bertz CT molecular complexity index is 492. The van der Waals surface area contributed by atoms with Crippen LogP contribution in [-0.2, 0) is 6.61 Å². The molecule has 0 saturated carbocycles. The van der Waals surface area contributed by atoms with Gasteiger partial charge in [0.05, 0.1) is 6.61 Å². The fourth-order valence-electron chi connectivity index (χ4n) is 1.71. The Labute approximate surface area is 91.1 Å². The number of benzene rings is 2. The second kappa shape index (κ2) is 4.45. The largest absolute Gasteiger partial charge is 0.434 e. The number of hydrogen-bond donors (Lipinski definition) is 1. The van der Waals surface area contributed by atoms with E-state index >= 15 is 0 Å². The van der Waals surface area contributed by atoms with Crippen LogP contribution in [-0.4, -0.2) is 11.7 Å². The first kappa shape index (κ1) is 10.8. The fraction of sp³-hybridized carbons (Fsp3) is 0.167. The molecule has 2 aromatic rings. The van der Waals surface area contributed by atoms with Gasteiger partial charge in [-0.05, 0) is 17.0 Å². The van der Waals surface area contributed by atoms with Gasteiger partial charge in [0, 0.05) is 5.39 Å². The normalized spacial score (nSPS) is 11.0. The minimum absolute atomic E-state index is 0.0946. The van der Waals surface area contributed by atoms with E-state index in [-0.39, 0.29) is 12.4 Å². The Morgan fingerprint density at radius 2 is 1.81 bits per heavy atom. The topological polar surface area (TPSA) is 29.5 Å². The third kappa shape index (κ3) is 1.97. The molecule has 0 unspecified atom stereocenters. The number of ether oxygens (including phenoxy) is 1. The summed E-state index contributed by atoms with van der Waals surface area (Å²) in [6.45, 7) is -3.07. The van der Waals surface area contributed by atoms with Crippen molar-refractivity contribution in [2.24, 2.45) is 0 Å². The molecule has 2 nitrogen and oxygen atoms in total. The highest BCUT2D eigenvalue weighted by molar-refractivity contribution is 5.91. The van der Waals surface area contributed by atoms with E-state index in [0.29, 0.717) is 10.9 Å². The van der Waals surface area contributed by atoms with Crippen molar-refractivity contribution in [2.45, 2.75) is 13.2 Å². The molecule has 0 aromatic heterocycles. The lowest BCUT2D eigenvalue weighted by atomic mass is 10.0. The molecule has 0 heterocycles. The van der Waals surface area contributed by atoms with Crippen molar-refractivity contribution < 1.29 is 18.6 Å². The smallest absolute Gasteiger partial charge is 0.387 e. The van der Waals surface area contributed by atoms with Crippen LogP contribution in [0.3, 0.4) is 0 Å². The molecule has 84 valence electrons. The van der Waals surface area contributed by atoms with Gasteiger partial charge in [0.2, 0.25) is 0 Å². The minimum Gasteiger partial charge on any atom is -0.434 e. The summed E-state index contributed by atoms with van der Waals surface area (Å²) in [6.07, 6.45) is 0. The van der Waals surface area contributed by atoms with Crippen molar-refractivity contribution in [1.82, 2.24) is 0 Å². The van der Waals surface area contributed by atoms with Crippen LogP contribution in [0.4, 0.5) is 8.78 Å². The first-order valence-corrected chi connectivity index (χ1v) is 4.78. The Morgan fingerprint density at radius 1 is 1.12 bits per heavy atom. The average molecular weight is 224 g/mol. The number of aliphatic hydroxyl groups is 1. The van der Waals surface area contributed by atoms with Crippen LogP contribution >= 0.6 is 0 Å². The van der Waals surface area contributed by atoms with Crippen molar-refractivity contribution in [2.75, 3.05) is 0 Å². The molecule has 1 N–H and O–H groups in total. The second-order valence-corrected chi connectivity index (χ2v) is 3.31. The minimum atomic E-state index is -2.86. The number of hydrogen-bond acceptors (Lipinski definition) is 2. The Morgan fingerprint density at radius 3 is 2.44 bits per heavy atom. The average Bonchev–Trinajstić information content (AvgIpc) is 2.28. The number of halogens is 2. The summed E-state index contributed by atoms with van der Waals surface area (Å²) in [5.41, 5.74) is 0.578. The Balaban J connectivity index is 2.63. The zero-order valence-corrected chi connectivity index (χ0v) is 8.36. The Kier molecular flexibility index (Phi) is 3.01. The van der Waals surface area contributed by atoms with Gasteiger partial charge in [0.1, 0.15) is 5.75 Å². The van der Waals surface area contributed by atoms with Gasteiger partial charge in [-0.25, -0.2) is 0 Å². The summed E-state index contributed by atoms with van der Waals surface area (Å²) in [7, 11) is 0. The van der Waals surface area contributed by atoms with E-state index in [1.807, 2.05) is 0 Å². The molecule has 4 heteroatoms. The number of alkyl halides is 2. The monoisotopic (exact) mass is 224 g/mol. The lowest BCUT2D eigenvalue weighted by Gasteiger charge is -2.10. The third-order valence-electron chi connectivity index (χ3n) is 2.34. The predicted octanol–water partition coefficient (Wildman–Crippen LogP) is 2.93. The molecule has 2 aromatic carbocycles. The molecule has 0 spiro atoms. The molecule has 0 fully saturated rings. The van der Waals surface area contributed by atoms with E-state index in [9.17, 15) is 8.78 Å². The van der Waals surface area contributed by atoms with Gasteiger partial charge in [-0.15, -0.1) is 0 Å². The zero-order valence-electron chi connectivity index (χ0n) is 8.36. The summed E-state index contributed by atoms with van der Waals surface area (Å²) in [4.78, 5) is 0. The van der Waals surface area contributed by atoms with Crippen LogP contribution in [0.5, 0.6) is 5.75 Å². The second-order valence-electron chi connectivity index (χ2n) is 3.31. The van der Waals surface area contributed by atoms with Crippen molar-refractivity contribution in [3.63, 3.8) is 0 Å². The van der Waals surface area contributed by atoms with Crippen LogP contribution in [0.1, 0.15) is 5.56 Å². The number of rotatable bonds is 3. The fourth-order valence-corrected chi connectivity index (χ4v) is 1.71. The summed E-state index contributed by atoms with van der Waals surface area (Å²) in [6, 6.07) is 10.1. The van der Waals surface area contributed by atoms with Gasteiger partial charge < -0.3 is 9.84 Å². The van der Waals surface area contributed by atoms with Gasteiger partial charge in [-0.3, -0.25) is 0 Å². The zero-order chi connectivity index (χ0) is 11.5. The van der Waals surface area contributed by atoms with E-state index in [4.69, 9.17) is 5.11 Å². The third-order valence-corrected chi connectivity index (χ3v) is 2.34. The molecule has 0 radical (unpaired) electrons. The van der Waals surface area contributed by atoms with Gasteiger partial charge in [0.25, 0.3) is 0 Å². The van der Waals surface area contributed by atoms with Crippen molar-refractivity contribution >= 4 is 10.8 Å². The van der Waals surface area contributed by atoms with Crippen LogP contribution in [0, 0.1) is 0 Å². The van der Waals surface area contributed by atoms with Gasteiger partial charge >= 0.3 is 6.61 Å². The lowest BCUT2D eigenvalue weighted by molar-refractivity contribution is -0.0488. The maximum absolute atomic E-state index is 12.2. The van der Waals surface area contributed by atoms with E-state index in [0.717, 1.165) is 5.39 Å². The maximum Gasteiger partial charge on any atom is 0.387 e. The molecule has 0 bridgehead atoms. The highest BCUT2D eigenvalue weighted by atomic mass is 19.3. The number of fused-ring (bicyclic) bond motifs is 1. The quantitative estimate of drug-likeness (QED) is 0.868. The van der Waals surface area contributed by atoms with E-state index in [1.54, 1.807) is 30.3 Å². The highest BCUT2D eigenvalue weighted by Gasteiger charge is 2.10. The molecule has 2 rings (SSSR count). The van der Waals surface area contributed by atoms with Crippen molar-refractivity contribution in [3.05, 3.63) is 42.0 Å². The van der Waals surface area contributed by atoms with Gasteiger partial charge in [0.15, 0.2) is 0 Å². The molecule has 16 heavy (non-hydrogen) atoms. The van der Waals surface area contributed by atoms with E-state index < -0.39 is 6.61 Å². The summed E-state index contributed by atoms with van der Waals surface area (Å²) in [5, 5.41) is 10.5. The lowest BCUT2D eigenvalue weighted by Crippen LogP contribution is -2.03. The van der Waals surface area contributed by atoms with E-state index in [1.165, 1.54) is 6.07 Å². The molecular weight excluding hydrogens is 214 g/mol. The van der Waals surface area contributed by atoms with Crippen LogP contribution in [0.2, 0.25) is 0 Å². The van der Waals surface area contributed by atoms with Crippen molar-refractivity contribution in [3.8, 4) is 5.75 Å². The van der Waals surface area contributed by atoms with Crippen LogP contribution < -0.4 is 4.74 Å². The summed E-state index contributed by atoms with van der Waals surface area (Å²) in [5.74, 6) is 0.0946. The maximum atomic E-state index is 12.2. The SMILES string of the molecule is OCc1cccc2cccc(OC(F)F)c12. The highest BCUT2D eigenvalue weighted by Crippen LogP contribution is 2.30.